The quantitative estimate of drug-likeness (QED) is 0.155. The number of hydrogen-bond acceptors (Lipinski definition) is 6. The van der Waals surface area contributed by atoms with Crippen molar-refractivity contribution in [1.82, 2.24) is 0 Å². The molecule has 0 bridgehead atoms. The lowest BCUT2D eigenvalue weighted by Crippen LogP contribution is -2.11. The average Bonchev–Trinajstić information content (AvgIpc) is 2.72. The SMILES string of the molecule is COc1ccc(C#Cc2cc(OC)c(OC(C)C)cc2OC(=O)CI)cc1OC(C)C. The van der Waals surface area contributed by atoms with Crippen LogP contribution < -0.4 is 23.7 Å². The van der Waals surface area contributed by atoms with Crippen LogP contribution in [0.25, 0.3) is 0 Å². The van der Waals surface area contributed by atoms with Gasteiger partial charge in [-0.3, -0.25) is 4.79 Å². The van der Waals surface area contributed by atoms with Crippen LogP contribution in [0.4, 0.5) is 0 Å². The third-order valence-electron chi connectivity index (χ3n) is 3.83. The van der Waals surface area contributed by atoms with E-state index in [-0.39, 0.29) is 22.6 Å². The topological polar surface area (TPSA) is 63.2 Å². The number of rotatable bonds is 8. The Labute approximate surface area is 197 Å². The van der Waals surface area contributed by atoms with E-state index >= 15 is 0 Å². The second-order valence-electron chi connectivity index (χ2n) is 7.06. The molecule has 2 aromatic rings. The van der Waals surface area contributed by atoms with Crippen molar-refractivity contribution in [1.29, 1.82) is 0 Å². The summed E-state index contributed by atoms with van der Waals surface area (Å²) in [5.74, 6) is 8.34. The Hall–Kier alpha value is -2.60. The molecule has 0 atom stereocenters. The van der Waals surface area contributed by atoms with E-state index in [1.54, 1.807) is 32.4 Å². The third-order valence-corrected chi connectivity index (χ3v) is 4.45. The zero-order valence-corrected chi connectivity index (χ0v) is 20.7. The molecule has 31 heavy (non-hydrogen) atoms. The van der Waals surface area contributed by atoms with Gasteiger partial charge in [0.1, 0.15) is 5.75 Å². The van der Waals surface area contributed by atoms with Crippen LogP contribution in [0.15, 0.2) is 30.3 Å². The van der Waals surface area contributed by atoms with Gasteiger partial charge in [-0.2, -0.15) is 0 Å². The predicted molar refractivity (Wildman–Crippen MR) is 128 cm³/mol. The largest absolute Gasteiger partial charge is 0.493 e. The van der Waals surface area contributed by atoms with Gasteiger partial charge in [0.05, 0.1) is 36.4 Å². The van der Waals surface area contributed by atoms with E-state index in [1.165, 1.54) is 0 Å². The summed E-state index contributed by atoms with van der Waals surface area (Å²) in [4.78, 5) is 11.9. The molecule has 0 saturated carbocycles. The Bertz CT molecular complexity index is 972. The van der Waals surface area contributed by atoms with Crippen molar-refractivity contribution in [3.05, 3.63) is 41.5 Å². The Morgan fingerprint density at radius 1 is 0.839 bits per heavy atom. The molecule has 0 heterocycles. The fourth-order valence-corrected chi connectivity index (χ4v) is 2.77. The smallest absolute Gasteiger partial charge is 0.321 e. The molecule has 0 radical (unpaired) electrons. The maximum absolute atomic E-state index is 11.9. The third kappa shape index (κ3) is 7.24. The van der Waals surface area contributed by atoms with Gasteiger partial charge in [0.15, 0.2) is 23.0 Å². The van der Waals surface area contributed by atoms with Crippen LogP contribution in [0, 0.1) is 11.8 Å². The summed E-state index contributed by atoms with van der Waals surface area (Å²) in [6.07, 6.45) is -0.0770. The standard InChI is InChI=1S/C24H27IO6/c1-15(2)29-22-11-17(8-10-19(22)27-5)7-9-18-12-21(28-6)23(30-16(3)4)13-20(18)31-24(26)14-25/h8,10-13,15-16H,14H2,1-6H3. The molecule has 166 valence electrons. The van der Waals surface area contributed by atoms with Gasteiger partial charge in [-0.15, -0.1) is 0 Å². The summed E-state index contributed by atoms with van der Waals surface area (Å²) in [5, 5.41) is 0. The van der Waals surface area contributed by atoms with Crippen LogP contribution >= 0.6 is 22.6 Å². The number of esters is 1. The van der Waals surface area contributed by atoms with E-state index in [4.69, 9.17) is 23.7 Å². The second kappa shape index (κ2) is 11.7. The number of halogens is 1. The molecule has 0 aliphatic heterocycles. The highest BCUT2D eigenvalue weighted by Crippen LogP contribution is 2.35. The van der Waals surface area contributed by atoms with Crippen LogP contribution in [0.5, 0.6) is 28.7 Å². The lowest BCUT2D eigenvalue weighted by atomic mass is 10.1. The number of ether oxygens (including phenoxy) is 5. The van der Waals surface area contributed by atoms with Crippen molar-refractivity contribution in [2.75, 3.05) is 18.6 Å². The molecule has 7 heteroatoms. The number of carbonyl (C=O) groups excluding carboxylic acids is 1. The van der Waals surface area contributed by atoms with Gasteiger partial charge in [-0.25, -0.2) is 0 Å². The fourth-order valence-electron chi connectivity index (χ4n) is 2.62. The average molecular weight is 538 g/mol. The zero-order chi connectivity index (χ0) is 23.0. The Morgan fingerprint density at radius 2 is 1.45 bits per heavy atom. The first-order valence-corrected chi connectivity index (χ1v) is 11.3. The summed E-state index contributed by atoms with van der Waals surface area (Å²) in [5.41, 5.74) is 1.23. The summed E-state index contributed by atoms with van der Waals surface area (Å²) < 4.78 is 28.1. The zero-order valence-electron chi connectivity index (χ0n) is 18.6. The normalized spacial score (nSPS) is 10.4. The van der Waals surface area contributed by atoms with Crippen LogP contribution in [-0.4, -0.2) is 36.8 Å². The molecule has 0 aliphatic rings. The maximum Gasteiger partial charge on any atom is 0.321 e. The van der Waals surface area contributed by atoms with Crippen LogP contribution in [0.1, 0.15) is 38.8 Å². The molecule has 0 saturated heterocycles. The van der Waals surface area contributed by atoms with Crippen LogP contribution in [-0.2, 0) is 4.79 Å². The van der Waals surface area contributed by atoms with Gasteiger partial charge >= 0.3 is 5.97 Å². The Morgan fingerprint density at radius 3 is 2.00 bits per heavy atom. The molecular weight excluding hydrogens is 511 g/mol. The lowest BCUT2D eigenvalue weighted by molar-refractivity contribution is -0.131. The molecular formula is C24H27IO6. The molecule has 2 aromatic carbocycles. The van der Waals surface area contributed by atoms with Crippen molar-refractivity contribution in [2.24, 2.45) is 0 Å². The summed E-state index contributed by atoms with van der Waals surface area (Å²) in [7, 11) is 3.14. The van der Waals surface area contributed by atoms with Gasteiger partial charge < -0.3 is 23.7 Å². The molecule has 0 fully saturated rings. The van der Waals surface area contributed by atoms with Crippen LogP contribution in [0.2, 0.25) is 0 Å². The highest BCUT2D eigenvalue weighted by Gasteiger charge is 2.15. The van der Waals surface area contributed by atoms with E-state index in [0.717, 1.165) is 5.56 Å². The van der Waals surface area contributed by atoms with Crippen molar-refractivity contribution < 1.29 is 28.5 Å². The summed E-state index contributed by atoms with van der Waals surface area (Å²) >= 11 is 1.95. The van der Waals surface area contributed by atoms with Crippen molar-refractivity contribution in [3.63, 3.8) is 0 Å². The van der Waals surface area contributed by atoms with E-state index in [2.05, 4.69) is 11.8 Å². The number of alkyl halides is 1. The Balaban J connectivity index is 2.50. The maximum atomic E-state index is 11.9. The highest BCUT2D eigenvalue weighted by atomic mass is 127. The first kappa shape index (κ1) is 24.7. The number of hydrogen-bond donors (Lipinski definition) is 0. The molecule has 6 nitrogen and oxygen atoms in total. The molecule has 0 aromatic heterocycles. The van der Waals surface area contributed by atoms with Gasteiger partial charge in [0, 0.05) is 17.7 Å². The van der Waals surface area contributed by atoms with Crippen molar-refractivity contribution in [3.8, 4) is 40.6 Å². The molecule has 0 amide bonds. The van der Waals surface area contributed by atoms with E-state index in [9.17, 15) is 4.79 Å². The van der Waals surface area contributed by atoms with E-state index < -0.39 is 0 Å². The molecule has 0 unspecified atom stereocenters. The van der Waals surface area contributed by atoms with E-state index in [1.807, 2.05) is 62.4 Å². The van der Waals surface area contributed by atoms with Gasteiger partial charge in [-0.05, 0) is 45.9 Å². The minimum Gasteiger partial charge on any atom is -0.493 e. The summed E-state index contributed by atoms with van der Waals surface area (Å²) in [6.45, 7) is 7.70. The van der Waals surface area contributed by atoms with Crippen LogP contribution in [0.3, 0.4) is 0 Å². The van der Waals surface area contributed by atoms with Crippen molar-refractivity contribution >= 4 is 28.6 Å². The lowest BCUT2D eigenvalue weighted by Gasteiger charge is -2.16. The number of benzene rings is 2. The van der Waals surface area contributed by atoms with Crippen molar-refractivity contribution in [2.45, 2.75) is 39.9 Å². The molecule has 0 aliphatic carbocycles. The number of carbonyl (C=O) groups is 1. The van der Waals surface area contributed by atoms with Gasteiger partial charge in [-0.1, -0.05) is 34.4 Å². The number of methoxy groups -OCH3 is 2. The second-order valence-corrected chi connectivity index (χ2v) is 7.82. The highest BCUT2D eigenvalue weighted by molar-refractivity contribution is 14.1. The fraction of sp³-hybridized carbons (Fsp3) is 0.375. The minimum absolute atomic E-state index is 0.00540. The molecule has 0 N–H and O–H groups in total. The van der Waals surface area contributed by atoms with Gasteiger partial charge in [0.25, 0.3) is 0 Å². The predicted octanol–water partition coefficient (Wildman–Crippen LogP) is 5.02. The van der Waals surface area contributed by atoms with E-state index in [0.29, 0.717) is 34.3 Å². The Kier molecular flexibility index (Phi) is 9.31. The summed E-state index contributed by atoms with van der Waals surface area (Å²) in [6, 6.07) is 8.79. The monoisotopic (exact) mass is 538 g/mol. The molecule has 2 rings (SSSR count). The minimum atomic E-state index is -0.374. The first-order chi connectivity index (χ1) is 14.8. The first-order valence-electron chi connectivity index (χ1n) is 9.79. The molecule has 0 spiro atoms. The van der Waals surface area contributed by atoms with Gasteiger partial charge in [0.2, 0.25) is 0 Å².